The molecule has 0 aromatic heterocycles. The maximum atomic E-state index is 12.4. The van der Waals surface area contributed by atoms with Gasteiger partial charge in [0.1, 0.15) is 5.75 Å². The summed E-state index contributed by atoms with van der Waals surface area (Å²) in [5.41, 5.74) is 3.45. The molecule has 0 aliphatic heterocycles. The molecule has 2 aromatic carbocycles. The van der Waals surface area contributed by atoms with Gasteiger partial charge in [-0.2, -0.15) is 0 Å². The van der Waals surface area contributed by atoms with Gasteiger partial charge < -0.3 is 9.84 Å². The van der Waals surface area contributed by atoms with Crippen molar-refractivity contribution in [1.29, 1.82) is 0 Å². The van der Waals surface area contributed by atoms with Crippen LogP contribution in [0.3, 0.4) is 0 Å². The fraction of sp³-hybridized carbons (Fsp3) is 0.158. The van der Waals surface area contributed by atoms with E-state index >= 15 is 0 Å². The zero-order chi connectivity index (χ0) is 16.2. The molecule has 0 bridgehead atoms. The van der Waals surface area contributed by atoms with Crippen molar-refractivity contribution in [1.82, 2.24) is 0 Å². The van der Waals surface area contributed by atoms with Crippen LogP contribution in [-0.4, -0.2) is 23.5 Å². The molecule has 2 aromatic rings. The fourth-order valence-corrected chi connectivity index (χ4v) is 2.62. The molecule has 0 saturated heterocycles. The highest BCUT2D eigenvalue weighted by Gasteiger charge is 2.23. The van der Waals surface area contributed by atoms with Crippen LogP contribution in [0.4, 0.5) is 0 Å². The summed E-state index contributed by atoms with van der Waals surface area (Å²) in [6.45, 7) is 0.125. The average Bonchev–Trinajstić information content (AvgIpc) is 2.84. The molecule has 4 heteroatoms. The number of carbonyl (C=O) groups is 2. The Balaban J connectivity index is 1.76. The zero-order valence-electron chi connectivity index (χ0n) is 12.5. The van der Waals surface area contributed by atoms with Gasteiger partial charge in [0.25, 0.3) is 0 Å². The van der Waals surface area contributed by atoms with Gasteiger partial charge in [0, 0.05) is 17.6 Å². The molecule has 3 rings (SSSR count). The van der Waals surface area contributed by atoms with Gasteiger partial charge >= 0.3 is 5.97 Å². The number of allylic oxidation sites excluding steroid dienone is 1. The predicted molar refractivity (Wildman–Crippen MR) is 86.6 cm³/mol. The van der Waals surface area contributed by atoms with Crippen molar-refractivity contribution in [3.8, 4) is 5.75 Å². The standard InChI is InChI=1S/C19H16O4/c20-18(21)8-9-23-16-6-3-4-13(11-16)10-15-12-14-5-1-2-7-17(14)19(15)22/h1-7,10-11H,8-9,12H2,(H,20,21). The van der Waals surface area contributed by atoms with E-state index in [0.29, 0.717) is 12.2 Å². The van der Waals surface area contributed by atoms with Gasteiger partial charge in [-0.3, -0.25) is 9.59 Å². The monoisotopic (exact) mass is 308 g/mol. The van der Waals surface area contributed by atoms with Crippen LogP contribution < -0.4 is 4.74 Å². The lowest BCUT2D eigenvalue weighted by molar-refractivity contribution is -0.137. The molecule has 0 unspecified atom stereocenters. The van der Waals surface area contributed by atoms with Gasteiger partial charge in [-0.05, 0) is 29.3 Å². The summed E-state index contributed by atoms with van der Waals surface area (Å²) in [7, 11) is 0. The number of carbonyl (C=O) groups excluding carboxylic acids is 1. The number of carboxylic acids is 1. The van der Waals surface area contributed by atoms with Crippen LogP contribution in [0, 0.1) is 0 Å². The molecule has 1 N–H and O–H groups in total. The van der Waals surface area contributed by atoms with Crippen molar-refractivity contribution >= 4 is 17.8 Å². The lowest BCUT2D eigenvalue weighted by atomic mass is 10.1. The second-order valence-electron chi connectivity index (χ2n) is 5.40. The molecular formula is C19H16O4. The number of hydrogen-bond acceptors (Lipinski definition) is 3. The number of hydrogen-bond donors (Lipinski definition) is 1. The normalized spacial score (nSPS) is 14.8. The molecule has 0 spiro atoms. The Labute approximate surface area is 134 Å². The fourth-order valence-electron chi connectivity index (χ4n) is 2.62. The van der Waals surface area contributed by atoms with E-state index in [1.165, 1.54) is 0 Å². The number of ether oxygens (including phenoxy) is 1. The van der Waals surface area contributed by atoms with Gasteiger partial charge in [0.2, 0.25) is 0 Å². The minimum absolute atomic E-state index is 0.0425. The molecule has 0 saturated carbocycles. The Kier molecular flexibility index (Phi) is 4.24. The number of Topliss-reactive ketones (excluding diaryl/α,β-unsaturated/α-hetero) is 1. The van der Waals surface area contributed by atoms with Crippen molar-refractivity contribution in [3.63, 3.8) is 0 Å². The molecule has 0 heterocycles. The first-order valence-corrected chi connectivity index (χ1v) is 7.41. The quantitative estimate of drug-likeness (QED) is 0.860. The second-order valence-corrected chi connectivity index (χ2v) is 5.40. The third-order valence-corrected chi connectivity index (χ3v) is 3.72. The van der Waals surface area contributed by atoms with Crippen molar-refractivity contribution in [3.05, 3.63) is 70.8 Å². The predicted octanol–water partition coefficient (Wildman–Crippen LogP) is 3.36. The molecule has 1 aliphatic rings. The van der Waals surface area contributed by atoms with E-state index in [-0.39, 0.29) is 18.8 Å². The molecule has 1 aliphatic carbocycles. The molecule has 0 fully saturated rings. The van der Waals surface area contributed by atoms with Crippen molar-refractivity contribution < 1.29 is 19.4 Å². The summed E-state index contributed by atoms with van der Waals surface area (Å²) in [5, 5.41) is 8.62. The van der Waals surface area contributed by atoms with Crippen LogP contribution in [0.15, 0.2) is 54.1 Å². The summed E-state index contributed by atoms with van der Waals surface area (Å²) >= 11 is 0. The third kappa shape index (κ3) is 3.48. The van der Waals surface area contributed by atoms with Crippen LogP contribution in [0.1, 0.15) is 27.9 Å². The molecule has 4 nitrogen and oxygen atoms in total. The Morgan fingerprint density at radius 2 is 2.00 bits per heavy atom. The van der Waals surface area contributed by atoms with E-state index in [1.54, 1.807) is 6.07 Å². The number of rotatable bonds is 5. The molecule has 23 heavy (non-hydrogen) atoms. The molecule has 116 valence electrons. The van der Waals surface area contributed by atoms with Crippen LogP contribution in [0.2, 0.25) is 0 Å². The van der Waals surface area contributed by atoms with Crippen molar-refractivity contribution in [2.24, 2.45) is 0 Å². The van der Waals surface area contributed by atoms with E-state index in [4.69, 9.17) is 9.84 Å². The summed E-state index contributed by atoms with van der Waals surface area (Å²) in [6.07, 6.45) is 2.46. The third-order valence-electron chi connectivity index (χ3n) is 3.72. The molecular weight excluding hydrogens is 292 g/mol. The SMILES string of the molecule is O=C(O)CCOc1cccc(C=C2Cc3ccccc3C2=O)c1. The highest BCUT2D eigenvalue weighted by molar-refractivity contribution is 6.15. The summed E-state index contributed by atoms with van der Waals surface area (Å²) in [5.74, 6) is -0.223. The second kappa shape index (κ2) is 6.48. The average molecular weight is 308 g/mol. The lowest BCUT2D eigenvalue weighted by Gasteiger charge is -2.05. The number of aliphatic carboxylic acids is 1. The molecule has 0 amide bonds. The van der Waals surface area contributed by atoms with Crippen LogP contribution in [0.5, 0.6) is 5.75 Å². The Bertz CT molecular complexity index is 789. The molecule has 0 atom stereocenters. The topological polar surface area (TPSA) is 63.6 Å². The zero-order valence-corrected chi connectivity index (χ0v) is 12.5. The summed E-state index contributed by atoms with van der Waals surface area (Å²) in [4.78, 5) is 22.9. The number of fused-ring (bicyclic) bond motifs is 1. The van der Waals surface area contributed by atoms with E-state index in [1.807, 2.05) is 48.5 Å². The lowest BCUT2D eigenvalue weighted by Crippen LogP contribution is -2.04. The van der Waals surface area contributed by atoms with E-state index in [9.17, 15) is 9.59 Å². The number of benzene rings is 2. The Morgan fingerprint density at radius 1 is 1.17 bits per heavy atom. The number of ketones is 1. The first kappa shape index (κ1) is 15.0. The van der Waals surface area contributed by atoms with Crippen LogP contribution in [0.25, 0.3) is 6.08 Å². The minimum Gasteiger partial charge on any atom is -0.493 e. The first-order chi connectivity index (χ1) is 11.1. The van der Waals surface area contributed by atoms with E-state index in [2.05, 4.69) is 0 Å². The maximum Gasteiger partial charge on any atom is 0.306 e. The van der Waals surface area contributed by atoms with Crippen LogP contribution >= 0.6 is 0 Å². The van der Waals surface area contributed by atoms with Gasteiger partial charge in [0.05, 0.1) is 13.0 Å². The smallest absolute Gasteiger partial charge is 0.306 e. The summed E-state index contributed by atoms with van der Waals surface area (Å²) < 4.78 is 5.42. The van der Waals surface area contributed by atoms with Gasteiger partial charge in [-0.1, -0.05) is 36.4 Å². The first-order valence-electron chi connectivity index (χ1n) is 7.41. The molecule has 0 radical (unpaired) electrons. The Hall–Kier alpha value is -2.88. The van der Waals surface area contributed by atoms with E-state index in [0.717, 1.165) is 22.3 Å². The summed E-state index contributed by atoms with van der Waals surface area (Å²) in [6, 6.07) is 14.9. The number of carboxylic acid groups (broad SMARTS) is 1. The van der Waals surface area contributed by atoms with Gasteiger partial charge in [0.15, 0.2) is 5.78 Å². The highest BCUT2D eigenvalue weighted by atomic mass is 16.5. The largest absolute Gasteiger partial charge is 0.493 e. The van der Waals surface area contributed by atoms with Crippen LogP contribution in [-0.2, 0) is 11.2 Å². The van der Waals surface area contributed by atoms with Gasteiger partial charge in [-0.25, -0.2) is 0 Å². The van der Waals surface area contributed by atoms with Crippen molar-refractivity contribution in [2.75, 3.05) is 6.61 Å². The Morgan fingerprint density at radius 3 is 2.78 bits per heavy atom. The van der Waals surface area contributed by atoms with Crippen molar-refractivity contribution in [2.45, 2.75) is 12.8 Å². The van der Waals surface area contributed by atoms with Gasteiger partial charge in [-0.15, -0.1) is 0 Å². The van der Waals surface area contributed by atoms with E-state index < -0.39 is 5.97 Å². The maximum absolute atomic E-state index is 12.4. The minimum atomic E-state index is -0.891. The highest BCUT2D eigenvalue weighted by Crippen LogP contribution is 2.28.